The van der Waals surface area contributed by atoms with E-state index in [4.69, 9.17) is 4.42 Å². The van der Waals surface area contributed by atoms with Crippen LogP contribution in [0, 0.1) is 0 Å². The lowest BCUT2D eigenvalue weighted by molar-refractivity contribution is 0.448. The van der Waals surface area contributed by atoms with Crippen molar-refractivity contribution in [1.82, 2.24) is 15.3 Å². The third-order valence-corrected chi connectivity index (χ3v) is 4.98. The zero-order valence-electron chi connectivity index (χ0n) is 12.9. The highest BCUT2D eigenvalue weighted by Crippen LogP contribution is 2.27. The molecule has 3 rings (SSSR count). The molecular weight excluding hydrogens is 316 g/mol. The molecule has 0 amide bonds. The minimum atomic E-state index is -3.36. The van der Waals surface area contributed by atoms with Gasteiger partial charge in [-0.2, -0.15) is 0 Å². The van der Waals surface area contributed by atoms with E-state index in [-0.39, 0.29) is 10.8 Å². The number of hydrogen-bond acceptors (Lipinski definition) is 7. The number of piperidine rings is 1. The standard InChI is InChI=1S/C15H20N4O3S/c1-23(20,21)13-10-18-15(17-9-12-5-3-7-22-12)19-14(13)11-4-2-6-16-8-11/h3,5,7,10-11,16H,2,4,6,8-9H2,1H3,(H,17,18,19). The molecule has 0 bridgehead atoms. The predicted octanol–water partition coefficient (Wildman–Crippen LogP) is 1.55. The number of rotatable bonds is 5. The summed E-state index contributed by atoms with van der Waals surface area (Å²) in [5.41, 5.74) is 0.594. The first-order chi connectivity index (χ1) is 11.0. The average Bonchev–Trinajstić information content (AvgIpc) is 3.06. The van der Waals surface area contributed by atoms with Gasteiger partial charge < -0.3 is 15.1 Å². The third kappa shape index (κ3) is 3.89. The van der Waals surface area contributed by atoms with Crippen LogP contribution in [0.5, 0.6) is 0 Å². The minimum absolute atomic E-state index is 0.0839. The maximum Gasteiger partial charge on any atom is 0.223 e. The van der Waals surface area contributed by atoms with Gasteiger partial charge in [0.15, 0.2) is 9.84 Å². The summed E-state index contributed by atoms with van der Waals surface area (Å²) in [6, 6.07) is 3.66. The van der Waals surface area contributed by atoms with Crippen LogP contribution in [0.4, 0.5) is 5.95 Å². The van der Waals surface area contributed by atoms with E-state index < -0.39 is 9.84 Å². The molecule has 1 unspecified atom stereocenters. The molecular formula is C15H20N4O3S. The average molecular weight is 336 g/mol. The summed E-state index contributed by atoms with van der Waals surface area (Å²) in [5.74, 6) is 1.26. The maximum absolute atomic E-state index is 12.0. The van der Waals surface area contributed by atoms with Crippen LogP contribution in [0.25, 0.3) is 0 Å². The molecule has 0 saturated carbocycles. The number of sulfone groups is 1. The fraction of sp³-hybridized carbons (Fsp3) is 0.467. The van der Waals surface area contributed by atoms with E-state index in [2.05, 4.69) is 20.6 Å². The SMILES string of the molecule is CS(=O)(=O)c1cnc(NCc2ccco2)nc1C1CCCNC1. The van der Waals surface area contributed by atoms with E-state index in [1.165, 1.54) is 12.5 Å². The molecule has 1 saturated heterocycles. The monoisotopic (exact) mass is 336 g/mol. The molecule has 124 valence electrons. The van der Waals surface area contributed by atoms with Crippen molar-refractivity contribution in [2.45, 2.75) is 30.2 Å². The second kappa shape index (κ2) is 6.67. The highest BCUT2D eigenvalue weighted by Gasteiger charge is 2.25. The Morgan fingerprint density at radius 3 is 3.00 bits per heavy atom. The van der Waals surface area contributed by atoms with Crippen molar-refractivity contribution in [1.29, 1.82) is 0 Å². The number of anilines is 1. The van der Waals surface area contributed by atoms with Crippen LogP contribution in [0.2, 0.25) is 0 Å². The van der Waals surface area contributed by atoms with Gasteiger partial charge in [0.2, 0.25) is 5.95 Å². The van der Waals surface area contributed by atoms with Gasteiger partial charge in [-0.05, 0) is 31.5 Å². The summed E-state index contributed by atoms with van der Waals surface area (Å²) in [6.07, 6.45) is 6.12. The molecule has 3 heterocycles. The summed E-state index contributed by atoms with van der Waals surface area (Å²) in [4.78, 5) is 8.83. The van der Waals surface area contributed by atoms with Gasteiger partial charge in [0, 0.05) is 18.7 Å². The first-order valence-electron chi connectivity index (χ1n) is 7.58. The van der Waals surface area contributed by atoms with Gasteiger partial charge in [0.1, 0.15) is 10.7 Å². The van der Waals surface area contributed by atoms with Crippen LogP contribution in [0.15, 0.2) is 33.9 Å². The Kier molecular flexibility index (Phi) is 4.63. The largest absolute Gasteiger partial charge is 0.467 e. The van der Waals surface area contributed by atoms with Crippen molar-refractivity contribution in [2.75, 3.05) is 24.7 Å². The summed E-state index contributed by atoms with van der Waals surface area (Å²) in [5, 5.41) is 6.37. The zero-order valence-corrected chi connectivity index (χ0v) is 13.8. The zero-order chi connectivity index (χ0) is 16.3. The summed E-state index contributed by atoms with van der Waals surface area (Å²) in [6.45, 7) is 2.14. The Labute approximate surface area is 135 Å². The Morgan fingerprint density at radius 2 is 2.35 bits per heavy atom. The van der Waals surface area contributed by atoms with E-state index in [0.29, 0.717) is 18.2 Å². The smallest absolute Gasteiger partial charge is 0.223 e. The van der Waals surface area contributed by atoms with E-state index in [1.54, 1.807) is 6.26 Å². The van der Waals surface area contributed by atoms with Gasteiger partial charge >= 0.3 is 0 Å². The van der Waals surface area contributed by atoms with Crippen molar-refractivity contribution >= 4 is 15.8 Å². The quantitative estimate of drug-likeness (QED) is 0.855. The van der Waals surface area contributed by atoms with Crippen molar-refractivity contribution < 1.29 is 12.8 Å². The first-order valence-corrected chi connectivity index (χ1v) is 9.47. The van der Waals surface area contributed by atoms with Crippen molar-refractivity contribution in [3.8, 4) is 0 Å². The fourth-order valence-corrected chi connectivity index (χ4v) is 3.55. The molecule has 23 heavy (non-hydrogen) atoms. The van der Waals surface area contributed by atoms with Gasteiger partial charge in [-0.3, -0.25) is 0 Å². The van der Waals surface area contributed by atoms with Gasteiger partial charge in [-0.25, -0.2) is 18.4 Å². The molecule has 0 spiro atoms. The van der Waals surface area contributed by atoms with E-state index >= 15 is 0 Å². The molecule has 2 aromatic heterocycles. The lowest BCUT2D eigenvalue weighted by Crippen LogP contribution is -2.30. The highest BCUT2D eigenvalue weighted by atomic mass is 32.2. The first kappa shape index (κ1) is 15.9. The van der Waals surface area contributed by atoms with Gasteiger partial charge in [-0.1, -0.05) is 0 Å². The van der Waals surface area contributed by atoms with Gasteiger partial charge in [0.05, 0.1) is 24.7 Å². The number of aromatic nitrogens is 2. The predicted molar refractivity (Wildman–Crippen MR) is 86.0 cm³/mol. The van der Waals surface area contributed by atoms with Gasteiger partial charge in [0.25, 0.3) is 0 Å². The number of nitrogens with one attached hydrogen (secondary N) is 2. The molecule has 2 N–H and O–H groups in total. The summed E-state index contributed by atoms with van der Waals surface area (Å²) < 4.78 is 29.3. The fourth-order valence-electron chi connectivity index (χ4n) is 2.71. The normalized spacial score (nSPS) is 18.7. The van der Waals surface area contributed by atoms with E-state index in [0.717, 1.165) is 31.7 Å². The molecule has 8 heteroatoms. The molecule has 0 radical (unpaired) electrons. The second-order valence-corrected chi connectivity index (χ2v) is 7.68. The van der Waals surface area contributed by atoms with Crippen molar-refractivity contribution in [2.24, 2.45) is 0 Å². The summed E-state index contributed by atoms with van der Waals surface area (Å²) in [7, 11) is -3.36. The highest BCUT2D eigenvalue weighted by molar-refractivity contribution is 7.90. The van der Waals surface area contributed by atoms with Crippen molar-refractivity contribution in [3.05, 3.63) is 36.0 Å². The number of furan rings is 1. The van der Waals surface area contributed by atoms with Crippen LogP contribution >= 0.6 is 0 Å². The second-order valence-electron chi connectivity index (χ2n) is 5.69. The molecule has 7 nitrogen and oxygen atoms in total. The van der Waals surface area contributed by atoms with Crippen molar-refractivity contribution in [3.63, 3.8) is 0 Å². The molecule has 1 aliphatic rings. The van der Waals surface area contributed by atoms with Crippen LogP contribution in [-0.4, -0.2) is 37.7 Å². The summed E-state index contributed by atoms with van der Waals surface area (Å²) >= 11 is 0. The molecule has 0 aliphatic carbocycles. The topological polar surface area (TPSA) is 97.1 Å². The molecule has 1 atom stereocenters. The van der Waals surface area contributed by atoms with Crippen LogP contribution in [0.1, 0.15) is 30.2 Å². The molecule has 0 aromatic carbocycles. The maximum atomic E-state index is 12.0. The van der Waals surface area contributed by atoms with E-state index in [9.17, 15) is 8.42 Å². The number of nitrogens with zero attached hydrogens (tertiary/aromatic N) is 2. The Balaban J connectivity index is 1.87. The van der Waals surface area contributed by atoms with Gasteiger partial charge in [-0.15, -0.1) is 0 Å². The lowest BCUT2D eigenvalue weighted by atomic mass is 9.96. The van der Waals surface area contributed by atoms with Crippen LogP contribution in [-0.2, 0) is 16.4 Å². The molecule has 1 aliphatic heterocycles. The Hall–Kier alpha value is -1.93. The molecule has 2 aromatic rings. The Bertz CT molecular complexity index is 753. The third-order valence-electron chi connectivity index (χ3n) is 3.87. The lowest BCUT2D eigenvalue weighted by Gasteiger charge is -2.24. The minimum Gasteiger partial charge on any atom is -0.467 e. The van der Waals surface area contributed by atoms with Crippen LogP contribution in [0.3, 0.4) is 0 Å². The van der Waals surface area contributed by atoms with E-state index in [1.807, 2.05) is 12.1 Å². The number of hydrogen-bond donors (Lipinski definition) is 2. The molecule has 1 fully saturated rings. The Morgan fingerprint density at radius 1 is 1.48 bits per heavy atom. The van der Waals surface area contributed by atoms with Crippen LogP contribution < -0.4 is 10.6 Å².